The molecule has 0 amide bonds. The Morgan fingerprint density at radius 1 is 1.50 bits per heavy atom. The Balaban J connectivity index is 2.39. The smallest absolute Gasteiger partial charge is 0.244 e. The molecule has 1 aromatic heterocycles. The van der Waals surface area contributed by atoms with E-state index in [0.29, 0.717) is 21.8 Å². The van der Waals surface area contributed by atoms with Crippen molar-refractivity contribution in [3.8, 4) is 11.4 Å². The Labute approximate surface area is 105 Å². The minimum absolute atomic E-state index is 0.335. The highest BCUT2D eigenvalue weighted by Crippen LogP contribution is 2.25. The van der Waals surface area contributed by atoms with Crippen molar-refractivity contribution in [2.24, 2.45) is 0 Å². The summed E-state index contributed by atoms with van der Waals surface area (Å²) in [4.78, 5) is 4.10. The largest absolute Gasteiger partial charge is 0.337 e. The van der Waals surface area contributed by atoms with Crippen molar-refractivity contribution in [2.45, 2.75) is 12.3 Å². The molecule has 2 rings (SSSR count). The van der Waals surface area contributed by atoms with E-state index in [0.717, 1.165) is 0 Å². The van der Waals surface area contributed by atoms with Crippen LogP contribution >= 0.6 is 27.5 Å². The van der Waals surface area contributed by atoms with E-state index >= 15 is 0 Å². The summed E-state index contributed by atoms with van der Waals surface area (Å²) in [5.74, 6) is 0.401. The minimum atomic E-state index is -0.342. The number of rotatable bonds is 2. The lowest BCUT2D eigenvalue weighted by Gasteiger charge is -1.96. The molecule has 0 saturated carbocycles. The van der Waals surface area contributed by atoms with Gasteiger partial charge in [-0.3, -0.25) is 0 Å². The number of hydrogen-bond acceptors (Lipinski definition) is 3. The van der Waals surface area contributed by atoms with Crippen LogP contribution in [-0.2, 0) is 0 Å². The van der Waals surface area contributed by atoms with Gasteiger partial charge in [-0.2, -0.15) is 4.98 Å². The van der Waals surface area contributed by atoms with Crippen LogP contribution in [0.25, 0.3) is 11.4 Å². The molecular weight excluding hydrogens is 298 g/mol. The zero-order valence-corrected chi connectivity index (χ0v) is 10.6. The molecule has 0 saturated heterocycles. The third kappa shape index (κ3) is 2.25. The molecule has 0 aliphatic heterocycles. The van der Waals surface area contributed by atoms with Gasteiger partial charge in [0.2, 0.25) is 11.7 Å². The first kappa shape index (κ1) is 11.5. The first-order chi connectivity index (χ1) is 7.58. The monoisotopic (exact) mass is 304 g/mol. The maximum Gasteiger partial charge on any atom is 0.244 e. The van der Waals surface area contributed by atoms with Gasteiger partial charge >= 0.3 is 0 Å². The van der Waals surface area contributed by atoms with E-state index in [1.54, 1.807) is 19.1 Å². The molecule has 0 aliphatic rings. The summed E-state index contributed by atoms with van der Waals surface area (Å²) in [6.07, 6.45) is 0. The zero-order chi connectivity index (χ0) is 11.7. The molecule has 1 aromatic carbocycles. The second-order valence-electron chi connectivity index (χ2n) is 3.20. The Hall–Kier alpha value is -0.940. The van der Waals surface area contributed by atoms with Gasteiger partial charge in [0.25, 0.3) is 0 Å². The van der Waals surface area contributed by atoms with Gasteiger partial charge in [-0.15, -0.1) is 11.6 Å². The molecule has 0 aliphatic carbocycles. The quantitative estimate of drug-likeness (QED) is 0.789. The van der Waals surface area contributed by atoms with Crippen LogP contribution in [0.2, 0.25) is 0 Å². The molecule has 0 spiro atoms. The maximum absolute atomic E-state index is 13.0. The zero-order valence-electron chi connectivity index (χ0n) is 8.25. The maximum atomic E-state index is 13.0. The average molecular weight is 306 g/mol. The van der Waals surface area contributed by atoms with E-state index in [4.69, 9.17) is 16.1 Å². The van der Waals surface area contributed by atoms with Crippen LogP contribution in [-0.4, -0.2) is 10.1 Å². The molecule has 0 radical (unpaired) electrons. The van der Waals surface area contributed by atoms with Crippen molar-refractivity contribution < 1.29 is 8.91 Å². The van der Waals surface area contributed by atoms with Gasteiger partial charge < -0.3 is 4.52 Å². The lowest BCUT2D eigenvalue weighted by atomic mass is 10.2. The second kappa shape index (κ2) is 4.51. The van der Waals surface area contributed by atoms with E-state index in [1.807, 2.05) is 0 Å². The molecule has 3 nitrogen and oxygen atoms in total. The first-order valence-electron chi connectivity index (χ1n) is 4.51. The fraction of sp³-hybridized carbons (Fsp3) is 0.200. The van der Waals surface area contributed by atoms with E-state index in [1.165, 1.54) is 6.07 Å². The lowest BCUT2D eigenvalue weighted by Crippen LogP contribution is -1.86. The summed E-state index contributed by atoms with van der Waals surface area (Å²) >= 11 is 8.89. The van der Waals surface area contributed by atoms with Crippen molar-refractivity contribution >= 4 is 27.5 Å². The molecule has 6 heteroatoms. The van der Waals surface area contributed by atoms with Gasteiger partial charge in [-0.25, -0.2) is 4.39 Å². The summed E-state index contributed by atoms with van der Waals surface area (Å²) < 4.78 is 18.3. The van der Waals surface area contributed by atoms with E-state index in [2.05, 4.69) is 26.1 Å². The van der Waals surface area contributed by atoms with Gasteiger partial charge in [-0.1, -0.05) is 5.16 Å². The van der Waals surface area contributed by atoms with Gasteiger partial charge in [-0.05, 0) is 41.1 Å². The van der Waals surface area contributed by atoms with Gasteiger partial charge in [0, 0.05) is 5.56 Å². The molecule has 0 bridgehead atoms. The fourth-order valence-electron chi connectivity index (χ4n) is 1.15. The molecule has 0 N–H and O–H groups in total. The Morgan fingerprint density at radius 3 is 2.81 bits per heavy atom. The molecule has 84 valence electrons. The third-order valence-electron chi connectivity index (χ3n) is 1.96. The molecule has 0 fully saturated rings. The summed E-state index contributed by atoms with van der Waals surface area (Å²) in [7, 11) is 0. The van der Waals surface area contributed by atoms with Gasteiger partial charge in [0.1, 0.15) is 11.2 Å². The van der Waals surface area contributed by atoms with Crippen LogP contribution in [0.5, 0.6) is 0 Å². The van der Waals surface area contributed by atoms with Crippen molar-refractivity contribution in [3.63, 3.8) is 0 Å². The highest BCUT2D eigenvalue weighted by molar-refractivity contribution is 9.10. The molecule has 1 atom stereocenters. The Kier molecular flexibility index (Phi) is 3.25. The van der Waals surface area contributed by atoms with E-state index in [-0.39, 0.29) is 11.2 Å². The number of nitrogens with zero attached hydrogens (tertiary/aromatic N) is 2. The van der Waals surface area contributed by atoms with Crippen LogP contribution in [0.4, 0.5) is 4.39 Å². The Bertz CT molecular complexity index is 515. The summed E-state index contributed by atoms with van der Waals surface area (Å²) in [6.45, 7) is 1.74. The summed E-state index contributed by atoms with van der Waals surface area (Å²) in [6, 6.07) is 4.50. The van der Waals surface area contributed by atoms with Crippen molar-refractivity contribution in [3.05, 3.63) is 34.4 Å². The SMILES string of the molecule is CC(Cl)c1nc(-c2ccc(F)c(Br)c2)no1. The summed E-state index contributed by atoms with van der Waals surface area (Å²) in [5, 5.41) is 3.42. The van der Waals surface area contributed by atoms with Gasteiger partial charge in [0.15, 0.2) is 0 Å². The van der Waals surface area contributed by atoms with Crippen LogP contribution < -0.4 is 0 Å². The van der Waals surface area contributed by atoms with Gasteiger partial charge in [0.05, 0.1) is 4.47 Å². The standard InChI is InChI=1S/C10H7BrClFN2O/c1-5(12)10-14-9(15-16-10)6-2-3-8(13)7(11)4-6/h2-5H,1H3. The molecular formula is C10H7BrClFN2O. The lowest BCUT2D eigenvalue weighted by molar-refractivity contribution is 0.379. The highest BCUT2D eigenvalue weighted by atomic mass is 79.9. The van der Waals surface area contributed by atoms with Crippen molar-refractivity contribution in [1.29, 1.82) is 0 Å². The van der Waals surface area contributed by atoms with E-state index < -0.39 is 0 Å². The number of aromatic nitrogens is 2. The number of halogens is 3. The van der Waals surface area contributed by atoms with Crippen molar-refractivity contribution in [2.75, 3.05) is 0 Å². The topological polar surface area (TPSA) is 38.9 Å². The second-order valence-corrected chi connectivity index (χ2v) is 4.71. The van der Waals surface area contributed by atoms with E-state index in [9.17, 15) is 4.39 Å². The highest BCUT2D eigenvalue weighted by Gasteiger charge is 2.13. The Morgan fingerprint density at radius 2 is 2.25 bits per heavy atom. The first-order valence-corrected chi connectivity index (χ1v) is 5.74. The molecule has 1 unspecified atom stereocenters. The predicted octanol–water partition coefficient (Wildman–Crippen LogP) is 3.94. The van der Waals surface area contributed by atoms with Crippen molar-refractivity contribution in [1.82, 2.24) is 10.1 Å². The average Bonchev–Trinajstić information content (AvgIpc) is 2.71. The fourth-order valence-corrected chi connectivity index (χ4v) is 1.62. The van der Waals surface area contributed by atoms with Crippen LogP contribution in [0.1, 0.15) is 18.2 Å². The van der Waals surface area contributed by atoms with Crippen LogP contribution in [0, 0.1) is 5.82 Å². The molecule has 2 aromatic rings. The number of hydrogen-bond donors (Lipinski definition) is 0. The summed E-state index contributed by atoms with van der Waals surface area (Å²) in [5.41, 5.74) is 0.667. The van der Waals surface area contributed by atoms with Crippen LogP contribution in [0.3, 0.4) is 0 Å². The predicted molar refractivity (Wildman–Crippen MR) is 61.7 cm³/mol. The normalized spacial score (nSPS) is 12.8. The minimum Gasteiger partial charge on any atom is -0.337 e. The van der Waals surface area contributed by atoms with Crippen LogP contribution in [0.15, 0.2) is 27.2 Å². The third-order valence-corrected chi connectivity index (χ3v) is 2.75. The molecule has 1 heterocycles. The number of alkyl halides is 1. The number of benzene rings is 1. The molecule has 16 heavy (non-hydrogen) atoms.